The van der Waals surface area contributed by atoms with Gasteiger partial charge in [0, 0.05) is 30.1 Å². The molecule has 0 saturated heterocycles. The Kier molecular flexibility index (Phi) is 6.65. The number of Topliss-reactive ketones (excluding diaryl/α,β-unsaturated/α-hetero) is 1. The van der Waals surface area contributed by atoms with E-state index in [0.29, 0.717) is 29.0 Å². The number of carbonyl (C=O) groups is 3. The molecular weight excluding hydrogens is 422 g/mol. The van der Waals surface area contributed by atoms with Crippen LogP contribution in [0.4, 0.5) is 0 Å². The highest BCUT2D eigenvalue weighted by atomic mass is 35.5. The van der Waals surface area contributed by atoms with E-state index in [9.17, 15) is 19.2 Å². The predicted molar refractivity (Wildman–Crippen MR) is 114 cm³/mol. The maximum absolute atomic E-state index is 13.1. The summed E-state index contributed by atoms with van der Waals surface area (Å²) in [6.45, 7) is 2.50. The number of nitrogens with zero attached hydrogens (tertiary/aromatic N) is 1. The lowest BCUT2D eigenvalue weighted by atomic mass is 9.74. The van der Waals surface area contributed by atoms with Crippen LogP contribution in [0.1, 0.15) is 52.9 Å². The zero-order valence-corrected chi connectivity index (χ0v) is 18.5. The molecule has 1 saturated carbocycles. The molecular formula is C23H24ClNO6. The van der Waals surface area contributed by atoms with Crippen molar-refractivity contribution >= 4 is 29.3 Å². The second-order valence-electron chi connectivity index (χ2n) is 7.68. The maximum Gasteiger partial charge on any atom is 0.342 e. The number of esters is 1. The molecule has 0 N–H and O–H groups in total. The molecule has 7 nitrogen and oxygen atoms in total. The van der Waals surface area contributed by atoms with Gasteiger partial charge in [-0.2, -0.15) is 0 Å². The summed E-state index contributed by atoms with van der Waals surface area (Å²) in [4.78, 5) is 51.4. The Balaban J connectivity index is 1.85. The van der Waals surface area contributed by atoms with E-state index >= 15 is 0 Å². The highest BCUT2D eigenvalue weighted by Gasteiger charge is 2.48. The molecule has 2 aromatic rings. The Bertz CT molecular complexity index is 1070. The monoisotopic (exact) mass is 445 g/mol. The van der Waals surface area contributed by atoms with Crippen molar-refractivity contribution < 1.29 is 23.5 Å². The van der Waals surface area contributed by atoms with Gasteiger partial charge in [-0.25, -0.2) is 9.59 Å². The number of rotatable bonds is 5. The highest BCUT2D eigenvalue weighted by Crippen LogP contribution is 2.42. The molecule has 164 valence electrons. The van der Waals surface area contributed by atoms with Gasteiger partial charge in [0.25, 0.3) is 5.91 Å². The van der Waals surface area contributed by atoms with Crippen LogP contribution >= 0.6 is 11.6 Å². The molecule has 1 aliphatic carbocycles. The Morgan fingerprint density at radius 2 is 1.90 bits per heavy atom. The molecule has 0 aliphatic heterocycles. The molecule has 1 heterocycles. The third-order valence-electron chi connectivity index (χ3n) is 5.79. The lowest BCUT2D eigenvalue weighted by Crippen LogP contribution is -2.55. The number of ketones is 1. The van der Waals surface area contributed by atoms with Crippen LogP contribution in [0.2, 0.25) is 5.02 Å². The Morgan fingerprint density at radius 3 is 2.55 bits per heavy atom. The Morgan fingerprint density at radius 1 is 1.19 bits per heavy atom. The van der Waals surface area contributed by atoms with Crippen molar-refractivity contribution in [2.75, 3.05) is 13.7 Å². The number of carbonyl (C=O) groups excluding carboxylic acids is 3. The molecule has 1 aromatic heterocycles. The lowest BCUT2D eigenvalue weighted by Gasteiger charge is -2.43. The van der Waals surface area contributed by atoms with Gasteiger partial charge in [0.1, 0.15) is 16.9 Å². The number of ether oxygens (including phenoxy) is 1. The largest absolute Gasteiger partial charge is 0.452 e. The molecule has 3 rings (SSSR count). The number of hydrogen-bond donors (Lipinski definition) is 0. The van der Waals surface area contributed by atoms with E-state index in [1.54, 1.807) is 31.2 Å². The third-order valence-corrected chi connectivity index (χ3v) is 6.11. The minimum Gasteiger partial charge on any atom is -0.452 e. The Hall–Kier alpha value is -2.93. The van der Waals surface area contributed by atoms with E-state index in [0.717, 1.165) is 12.8 Å². The number of halogens is 1. The van der Waals surface area contributed by atoms with E-state index < -0.39 is 29.6 Å². The molecule has 1 aliphatic rings. The third kappa shape index (κ3) is 4.28. The van der Waals surface area contributed by atoms with Crippen molar-refractivity contribution in [3.8, 4) is 0 Å². The molecule has 31 heavy (non-hydrogen) atoms. The van der Waals surface area contributed by atoms with E-state index in [2.05, 4.69) is 0 Å². The van der Waals surface area contributed by atoms with Crippen molar-refractivity contribution in [3.05, 3.63) is 68.2 Å². The molecule has 0 spiro atoms. The molecule has 8 heteroatoms. The van der Waals surface area contributed by atoms with Crippen molar-refractivity contribution in [2.45, 2.75) is 45.1 Å². The second kappa shape index (κ2) is 9.06. The summed E-state index contributed by atoms with van der Waals surface area (Å²) in [6.07, 6.45) is 2.29. The molecule has 1 amide bonds. The van der Waals surface area contributed by atoms with Crippen LogP contribution in [0.3, 0.4) is 0 Å². The molecule has 1 fully saturated rings. The van der Waals surface area contributed by atoms with Crippen LogP contribution < -0.4 is 5.63 Å². The van der Waals surface area contributed by atoms with Gasteiger partial charge in [0.15, 0.2) is 12.4 Å². The van der Waals surface area contributed by atoms with Crippen molar-refractivity contribution in [3.63, 3.8) is 0 Å². The van der Waals surface area contributed by atoms with Crippen LogP contribution in [-0.4, -0.2) is 36.2 Å². The van der Waals surface area contributed by atoms with Crippen LogP contribution in [0.25, 0.3) is 0 Å². The van der Waals surface area contributed by atoms with Crippen LogP contribution in [-0.2, 0) is 19.9 Å². The van der Waals surface area contributed by atoms with Gasteiger partial charge in [-0.05, 0) is 44.7 Å². The molecule has 0 radical (unpaired) electrons. The summed E-state index contributed by atoms with van der Waals surface area (Å²) in [5, 5.41) is 0.403. The number of amides is 1. The zero-order chi connectivity index (χ0) is 22.8. The highest BCUT2D eigenvalue weighted by molar-refractivity contribution is 6.31. The lowest BCUT2D eigenvalue weighted by molar-refractivity contribution is -0.150. The fourth-order valence-electron chi connectivity index (χ4n) is 4.20. The summed E-state index contributed by atoms with van der Waals surface area (Å²) in [6, 6.07) is 8.16. The standard InChI is InChI=1S/C23H24ClNO6/c1-14-12-20(28)31-15(2)21(14)22(29)30-13-19(27)25(3)23(11-7-6-10-18(23)26)16-8-4-5-9-17(16)24/h4-5,8-9,12H,6-7,10-11,13H2,1-3H3. The van der Waals surface area contributed by atoms with E-state index in [1.807, 2.05) is 0 Å². The van der Waals surface area contributed by atoms with Crippen LogP contribution in [0.15, 0.2) is 39.5 Å². The number of hydrogen-bond acceptors (Lipinski definition) is 6. The first-order valence-electron chi connectivity index (χ1n) is 10.0. The first-order valence-corrected chi connectivity index (χ1v) is 10.4. The van der Waals surface area contributed by atoms with E-state index in [4.69, 9.17) is 20.8 Å². The second-order valence-corrected chi connectivity index (χ2v) is 8.09. The van der Waals surface area contributed by atoms with Gasteiger partial charge in [0.2, 0.25) is 0 Å². The average molecular weight is 446 g/mol. The average Bonchev–Trinajstić information content (AvgIpc) is 2.72. The zero-order valence-electron chi connectivity index (χ0n) is 17.7. The van der Waals surface area contributed by atoms with Gasteiger partial charge < -0.3 is 14.1 Å². The van der Waals surface area contributed by atoms with E-state index in [1.165, 1.54) is 24.9 Å². The van der Waals surface area contributed by atoms with Crippen molar-refractivity contribution in [1.82, 2.24) is 4.90 Å². The maximum atomic E-state index is 13.1. The van der Waals surface area contributed by atoms with Gasteiger partial charge in [0.05, 0.1) is 0 Å². The SMILES string of the molecule is Cc1cc(=O)oc(C)c1C(=O)OCC(=O)N(C)C1(c2ccccc2Cl)CCCCC1=O. The quantitative estimate of drug-likeness (QED) is 0.653. The van der Waals surface area contributed by atoms with Crippen molar-refractivity contribution in [2.24, 2.45) is 0 Å². The number of benzene rings is 1. The fraction of sp³-hybridized carbons (Fsp3) is 0.391. The van der Waals surface area contributed by atoms with Gasteiger partial charge >= 0.3 is 11.6 Å². The van der Waals surface area contributed by atoms with Crippen molar-refractivity contribution in [1.29, 1.82) is 0 Å². The Labute approximate surface area is 184 Å². The molecule has 1 unspecified atom stereocenters. The normalized spacial score (nSPS) is 18.5. The summed E-state index contributed by atoms with van der Waals surface area (Å²) in [7, 11) is 1.53. The minimum absolute atomic E-state index is 0.0921. The minimum atomic E-state index is -1.20. The summed E-state index contributed by atoms with van der Waals surface area (Å²) >= 11 is 6.40. The molecule has 1 aromatic carbocycles. The first kappa shape index (κ1) is 22.7. The molecule has 1 atom stereocenters. The van der Waals surface area contributed by atoms with Crippen LogP contribution in [0, 0.1) is 13.8 Å². The van der Waals surface area contributed by atoms with Gasteiger partial charge in [-0.1, -0.05) is 29.8 Å². The summed E-state index contributed by atoms with van der Waals surface area (Å²) in [5.41, 5.74) is -0.704. The topological polar surface area (TPSA) is 93.9 Å². The molecule has 0 bridgehead atoms. The smallest absolute Gasteiger partial charge is 0.342 e. The van der Waals surface area contributed by atoms with Gasteiger partial charge in [-0.3, -0.25) is 9.59 Å². The number of likely N-dealkylation sites (N-methyl/N-ethyl adjacent to an activating group) is 1. The van der Waals surface area contributed by atoms with E-state index in [-0.39, 0.29) is 17.1 Å². The van der Waals surface area contributed by atoms with Gasteiger partial charge in [-0.15, -0.1) is 0 Å². The summed E-state index contributed by atoms with van der Waals surface area (Å²) in [5.74, 6) is -1.28. The first-order chi connectivity index (χ1) is 14.7. The fourth-order valence-corrected chi connectivity index (χ4v) is 4.49. The number of aryl methyl sites for hydroxylation is 2. The van der Waals surface area contributed by atoms with Crippen LogP contribution in [0.5, 0.6) is 0 Å². The predicted octanol–water partition coefficient (Wildman–Crippen LogP) is 3.56. The summed E-state index contributed by atoms with van der Waals surface area (Å²) < 4.78 is 10.2.